The van der Waals surface area contributed by atoms with Gasteiger partial charge in [-0.05, 0) is 61.2 Å². The van der Waals surface area contributed by atoms with Crippen molar-refractivity contribution < 1.29 is 4.79 Å². The van der Waals surface area contributed by atoms with Gasteiger partial charge in [0.2, 0.25) is 0 Å². The second kappa shape index (κ2) is 11.3. The molecule has 4 nitrogen and oxygen atoms in total. The maximum Gasteiger partial charge on any atom is 0.255 e. The molecule has 1 fully saturated rings. The Hall–Kier alpha value is -3.89. The van der Waals surface area contributed by atoms with E-state index in [1.54, 1.807) is 0 Å². The summed E-state index contributed by atoms with van der Waals surface area (Å²) in [6.07, 6.45) is 1.10. The van der Waals surface area contributed by atoms with E-state index in [2.05, 4.69) is 115 Å². The summed E-state index contributed by atoms with van der Waals surface area (Å²) in [4.78, 5) is 20.6. The topological polar surface area (TPSA) is 26.8 Å². The van der Waals surface area contributed by atoms with Crippen molar-refractivity contribution in [2.75, 3.05) is 37.6 Å². The van der Waals surface area contributed by atoms with Crippen molar-refractivity contribution >= 4 is 11.6 Å². The zero-order valence-corrected chi connectivity index (χ0v) is 23.7. The number of anilines is 1. The third-order valence-corrected chi connectivity index (χ3v) is 8.87. The quantitative estimate of drug-likeness (QED) is 0.248. The van der Waals surface area contributed by atoms with E-state index in [9.17, 15) is 4.79 Å². The second-order valence-corrected chi connectivity index (χ2v) is 11.7. The number of piperazine rings is 1. The molecular weight excluding hydrogens is 490 g/mol. The van der Waals surface area contributed by atoms with Gasteiger partial charge in [-0.1, -0.05) is 97.1 Å². The third-order valence-electron chi connectivity index (χ3n) is 8.87. The van der Waals surface area contributed by atoms with E-state index in [0.29, 0.717) is 12.5 Å². The Morgan fingerprint density at radius 1 is 0.725 bits per heavy atom. The van der Waals surface area contributed by atoms with E-state index in [1.165, 1.54) is 11.1 Å². The van der Waals surface area contributed by atoms with Gasteiger partial charge in [0, 0.05) is 49.9 Å². The molecule has 0 atom stereocenters. The van der Waals surface area contributed by atoms with Crippen LogP contribution in [0.5, 0.6) is 0 Å². The normalized spacial score (nSPS) is 16.9. The van der Waals surface area contributed by atoms with Crippen LogP contribution in [-0.4, -0.2) is 48.4 Å². The molecular formula is C36H39N3O. The molecule has 1 saturated heterocycles. The molecule has 4 heteroatoms. The highest BCUT2D eigenvalue weighted by atomic mass is 16.2. The lowest BCUT2D eigenvalue weighted by Crippen LogP contribution is -2.46. The lowest BCUT2D eigenvalue weighted by molar-refractivity contribution is 0.0595. The minimum atomic E-state index is -0.326. The first kappa shape index (κ1) is 26.3. The van der Waals surface area contributed by atoms with E-state index in [1.807, 2.05) is 23.1 Å². The first-order valence-corrected chi connectivity index (χ1v) is 14.6. The highest BCUT2D eigenvalue weighted by molar-refractivity contribution is 6.00. The number of hydrogen-bond acceptors (Lipinski definition) is 3. The first-order valence-electron chi connectivity index (χ1n) is 14.6. The van der Waals surface area contributed by atoms with Crippen molar-refractivity contribution in [1.82, 2.24) is 9.80 Å². The van der Waals surface area contributed by atoms with Crippen molar-refractivity contribution in [3.05, 3.63) is 137 Å². The summed E-state index contributed by atoms with van der Waals surface area (Å²) in [7, 11) is 0. The van der Waals surface area contributed by atoms with Gasteiger partial charge in [-0.15, -0.1) is 0 Å². The Morgan fingerprint density at radius 3 is 1.90 bits per heavy atom. The van der Waals surface area contributed by atoms with Gasteiger partial charge in [0.05, 0.1) is 5.54 Å². The van der Waals surface area contributed by atoms with Crippen molar-refractivity contribution in [3.8, 4) is 0 Å². The molecule has 1 amide bonds. The Balaban J connectivity index is 1.10. The standard InChI is InChI=1S/C36H39N3O/c1-36(2)34-19-18-31(26-33(34)35(40)39(36)27-28-12-6-3-7-13-28)38-24-22-37(23-25-38)21-20-32(29-14-8-4-9-15-29)30-16-10-5-11-17-30/h3-19,26,32H,20-25,27H2,1-2H3. The van der Waals surface area contributed by atoms with E-state index >= 15 is 0 Å². The lowest BCUT2D eigenvalue weighted by Gasteiger charge is -2.37. The van der Waals surface area contributed by atoms with Crippen LogP contribution in [0.15, 0.2) is 109 Å². The van der Waals surface area contributed by atoms with Gasteiger partial charge >= 0.3 is 0 Å². The maximum absolute atomic E-state index is 13.6. The van der Waals surface area contributed by atoms with Crippen LogP contribution in [0.3, 0.4) is 0 Å². The molecule has 0 aliphatic carbocycles. The Kier molecular flexibility index (Phi) is 7.44. The molecule has 4 aromatic rings. The Bertz CT molecular complexity index is 1390. The minimum Gasteiger partial charge on any atom is -0.369 e. The summed E-state index contributed by atoms with van der Waals surface area (Å²) in [5, 5.41) is 0. The van der Waals surface area contributed by atoms with Gasteiger partial charge < -0.3 is 9.80 Å². The van der Waals surface area contributed by atoms with Crippen molar-refractivity contribution in [1.29, 1.82) is 0 Å². The maximum atomic E-state index is 13.6. The molecule has 2 aliphatic rings. The summed E-state index contributed by atoms with van der Waals surface area (Å²) in [6.45, 7) is 10.1. The van der Waals surface area contributed by atoms with Crippen molar-refractivity contribution in [3.63, 3.8) is 0 Å². The van der Waals surface area contributed by atoms with Gasteiger partial charge in [-0.2, -0.15) is 0 Å². The smallest absolute Gasteiger partial charge is 0.255 e. The fourth-order valence-corrected chi connectivity index (χ4v) is 6.46. The average Bonchev–Trinajstić information content (AvgIpc) is 3.19. The van der Waals surface area contributed by atoms with Gasteiger partial charge in [-0.25, -0.2) is 0 Å². The van der Waals surface area contributed by atoms with Gasteiger partial charge in [0.1, 0.15) is 0 Å². The van der Waals surface area contributed by atoms with E-state index < -0.39 is 0 Å². The highest BCUT2D eigenvalue weighted by Gasteiger charge is 2.43. The first-order chi connectivity index (χ1) is 19.5. The number of carbonyl (C=O) groups excluding carboxylic acids is 1. The fourth-order valence-electron chi connectivity index (χ4n) is 6.46. The van der Waals surface area contributed by atoms with Crippen LogP contribution in [0.4, 0.5) is 5.69 Å². The largest absolute Gasteiger partial charge is 0.369 e. The average molecular weight is 530 g/mol. The molecule has 2 aliphatic heterocycles. The molecule has 4 aromatic carbocycles. The lowest BCUT2D eigenvalue weighted by atomic mass is 9.88. The van der Waals surface area contributed by atoms with E-state index in [0.717, 1.165) is 61.5 Å². The molecule has 0 radical (unpaired) electrons. The molecule has 0 bridgehead atoms. The number of amides is 1. The summed E-state index contributed by atoms with van der Waals surface area (Å²) in [6, 6.07) is 38.6. The van der Waals surface area contributed by atoms with Crippen LogP contribution in [0.1, 0.15) is 58.8 Å². The summed E-state index contributed by atoms with van der Waals surface area (Å²) in [5.41, 5.74) is 6.76. The van der Waals surface area contributed by atoms with Crippen molar-refractivity contribution in [2.24, 2.45) is 0 Å². The zero-order valence-electron chi connectivity index (χ0n) is 23.7. The van der Waals surface area contributed by atoms with Crippen LogP contribution in [-0.2, 0) is 12.1 Å². The number of benzene rings is 4. The number of carbonyl (C=O) groups is 1. The van der Waals surface area contributed by atoms with Gasteiger partial charge in [0.15, 0.2) is 0 Å². The van der Waals surface area contributed by atoms with Gasteiger partial charge in [-0.3, -0.25) is 9.69 Å². The number of hydrogen-bond donors (Lipinski definition) is 0. The van der Waals surface area contributed by atoms with Crippen LogP contribution < -0.4 is 4.90 Å². The molecule has 6 rings (SSSR count). The molecule has 2 heterocycles. The number of nitrogens with zero attached hydrogens (tertiary/aromatic N) is 3. The molecule has 40 heavy (non-hydrogen) atoms. The fraction of sp³-hybridized carbons (Fsp3) is 0.306. The Morgan fingerprint density at radius 2 is 1.30 bits per heavy atom. The molecule has 0 saturated carbocycles. The molecule has 0 N–H and O–H groups in total. The number of rotatable bonds is 8. The molecule has 0 unspecified atom stereocenters. The molecule has 0 aromatic heterocycles. The third kappa shape index (κ3) is 5.29. The summed E-state index contributed by atoms with van der Waals surface area (Å²) in [5.74, 6) is 0.544. The molecule has 204 valence electrons. The van der Waals surface area contributed by atoms with Crippen LogP contribution >= 0.6 is 0 Å². The zero-order chi connectivity index (χ0) is 27.5. The van der Waals surface area contributed by atoms with Gasteiger partial charge in [0.25, 0.3) is 5.91 Å². The van der Waals surface area contributed by atoms with E-state index in [4.69, 9.17) is 0 Å². The minimum absolute atomic E-state index is 0.136. The Labute approximate surface area is 238 Å². The number of fused-ring (bicyclic) bond motifs is 1. The summed E-state index contributed by atoms with van der Waals surface area (Å²) >= 11 is 0. The SMILES string of the molecule is CC1(C)c2ccc(N3CCN(CCC(c4ccccc4)c4ccccc4)CC3)cc2C(=O)N1Cc1ccccc1. The van der Waals surface area contributed by atoms with E-state index in [-0.39, 0.29) is 11.4 Å². The second-order valence-electron chi connectivity index (χ2n) is 11.7. The predicted molar refractivity (Wildman–Crippen MR) is 164 cm³/mol. The van der Waals surface area contributed by atoms with Crippen LogP contribution in [0.2, 0.25) is 0 Å². The highest BCUT2D eigenvalue weighted by Crippen LogP contribution is 2.41. The van der Waals surface area contributed by atoms with Crippen molar-refractivity contribution in [2.45, 2.75) is 38.3 Å². The predicted octanol–water partition coefficient (Wildman–Crippen LogP) is 6.92. The van der Waals surface area contributed by atoms with Crippen LogP contribution in [0.25, 0.3) is 0 Å². The monoisotopic (exact) mass is 529 g/mol. The van der Waals surface area contributed by atoms with Crippen LogP contribution in [0, 0.1) is 0 Å². The molecule has 0 spiro atoms. The summed E-state index contributed by atoms with van der Waals surface area (Å²) < 4.78 is 0.